The monoisotopic (exact) mass is 477 g/mol. The van der Waals surface area contributed by atoms with E-state index in [0.717, 1.165) is 54.5 Å². The number of hydrogen-bond donors (Lipinski definition) is 0. The number of aromatic nitrogens is 4. The van der Waals surface area contributed by atoms with E-state index in [9.17, 15) is 4.79 Å². The molecule has 1 aliphatic rings. The van der Waals surface area contributed by atoms with E-state index in [1.807, 2.05) is 23.1 Å². The second-order valence-corrected chi connectivity index (χ2v) is 10.3. The van der Waals surface area contributed by atoms with Gasteiger partial charge in [0.05, 0.1) is 21.0 Å². The molecule has 1 saturated heterocycles. The van der Waals surface area contributed by atoms with Crippen LogP contribution in [0.1, 0.15) is 36.3 Å². The number of piperidine rings is 1. The molecule has 5 rings (SSSR count). The first-order valence-corrected chi connectivity index (χ1v) is 13.2. The van der Waals surface area contributed by atoms with Crippen molar-refractivity contribution in [3.05, 3.63) is 59.1 Å². The van der Waals surface area contributed by atoms with Gasteiger partial charge in [-0.05, 0) is 44.4 Å². The van der Waals surface area contributed by atoms with Crippen LogP contribution in [0, 0.1) is 6.92 Å². The predicted octanol–water partition coefficient (Wildman–Crippen LogP) is 5.38. The summed E-state index contributed by atoms with van der Waals surface area (Å²) in [7, 11) is 0. The fourth-order valence-electron chi connectivity index (χ4n) is 4.36. The van der Waals surface area contributed by atoms with Crippen molar-refractivity contribution >= 4 is 39.2 Å². The highest BCUT2D eigenvalue weighted by Gasteiger charge is 2.26. The molecule has 0 aliphatic carbocycles. The fourth-order valence-corrected chi connectivity index (χ4v) is 6.40. The number of thioether (sulfide) groups is 1. The van der Waals surface area contributed by atoms with Crippen LogP contribution in [0.25, 0.3) is 21.6 Å². The van der Waals surface area contributed by atoms with Crippen LogP contribution >= 0.6 is 23.1 Å². The summed E-state index contributed by atoms with van der Waals surface area (Å²) in [6, 6.07) is 16.5. The van der Waals surface area contributed by atoms with Gasteiger partial charge in [-0.25, -0.2) is 4.98 Å². The minimum absolute atomic E-state index is 0.172. The molecule has 2 aromatic carbocycles. The summed E-state index contributed by atoms with van der Waals surface area (Å²) in [6.07, 6.45) is 1.94. The molecule has 0 saturated carbocycles. The molecule has 6 nitrogen and oxygen atoms in total. The second kappa shape index (κ2) is 9.65. The molecule has 2 aromatic heterocycles. The Labute approximate surface area is 202 Å². The zero-order valence-electron chi connectivity index (χ0n) is 18.9. The first-order valence-electron chi connectivity index (χ1n) is 11.4. The highest BCUT2D eigenvalue weighted by atomic mass is 32.2. The molecule has 170 valence electrons. The number of para-hydroxylation sites is 1. The summed E-state index contributed by atoms with van der Waals surface area (Å²) >= 11 is 3.27. The van der Waals surface area contributed by atoms with E-state index in [1.165, 1.54) is 27.0 Å². The van der Waals surface area contributed by atoms with Crippen LogP contribution in [0.15, 0.2) is 53.7 Å². The highest BCUT2D eigenvalue weighted by molar-refractivity contribution is 7.99. The summed E-state index contributed by atoms with van der Waals surface area (Å²) in [6.45, 7) is 6.51. The van der Waals surface area contributed by atoms with Crippen molar-refractivity contribution in [2.75, 3.05) is 18.8 Å². The number of rotatable bonds is 6. The van der Waals surface area contributed by atoms with Crippen LogP contribution in [0.4, 0.5) is 0 Å². The summed E-state index contributed by atoms with van der Waals surface area (Å²) < 4.78 is 3.34. The molecule has 33 heavy (non-hydrogen) atoms. The van der Waals surface area contributed by atoms with Crippen molar-refractivity contribution in [3.63, 3.8) is 0 Å². The van der Waals surface area contributed by atoms with E-state index in [2.05, 4.69) is 58.9 Å². The van der Waals surface area contributed by atoms with Crippen molar-refractivity contribution in [3.8, 4) is 11.4 Å². The molecule has 0 bridgehead atoms. The molecular formula is C25H27N5OS2. The lowest BCUT2D eigenvalue weighted by Gasteiger charge is -2.31. The third kappa shape index (κ3) is 4.54. The van der Waals surface area contributed by atoms with Gasteiger partial charge in [-0.3, -0.25) is 4.79 Å². The molecule has 3 heterocycles. The molecule has 1 aliphatic heterocycles. The average Bonchev–Trinajstić information content (AvgIpc) is 3.47. The van der Waals surface area contributed by atoms with Gasteiger partial charge in [0.2, 0.25) is 5.91 Å². The Morgan fingerprint density at radius 2 is 1.85 bits per heavy atom. The number of fused-ring (bicyclic) bond motifs is 1. The molecule has 0 spiro atoms. The minimum atomic E-state index is 0.172. The molecule has 0 unspecified atom stereocenters. The Hall–Kier alpha value is -2.71. The maximum atomic E-state index is 12.9. The van der Waals surface area contributed by atoms with Crippen LogP contribution in [0.5, 0.6) is 0 Å². The van der Waals surface area contributed by atoms with E-state index in [0.29, 0.717) is 11.7 Å². The van der Waals surface area contributed by atoms with Crippen LogP contribution in [-0.4, -0.2) is 49.4 Å². The lowest BCUT2D eigenvalue weighted by Crippen LogP contribution is -2.39. The highest BCUT2D eigenvalue weighted by Crippen LogP contribution is 2.34. The van der Waals surface area contributed by atoms with Gasteiger partial charge in [0, 0.05) is 31.1 Å². The van der Waals surface area contributed by atoms with Crippen molar-refractivity contribution < 1.29 is 4.79 Å². The zero-order chi connectivity index (χ0) is 22.8. The number of carbonyl (C=O) groups excluding carboxylic acids is 1. The van der Waals surface area contributed by atoms with Crippen LogP contribution in [0.3, 0.4) is 0 Å². The molecular weight excluding hydrogens is 450 g/mol. The van der Waals surface area contributed by atoms with Crippen LogP contribution in [-0.2, 0) is 11.3 Å². The summed E-state index contributed by atoms with van der Waals surface area (Å²) in [5, 5.41) is 10.8. The first kappa shape index (κ1) is 22.1. The van der Waals surface area contributed by atoms with Gasteiger partial charge < -0.3 is 9.47 Å². The van der Waals surface area contributed by atoms with E-state index < -0.39 is 0 Å². The van der Waals surface area contributed by atoms with E-state index in [1.54, 1.807) is 11.3 Å². The SMILES string of the molecule is CCn1c(SCC(=O)N2CCC(c3nc4ccccc4s3)CC2)nnc1-c1ccccc1C. The quantitative estimate of drug-likeness (QED) is 0.349. The Morgan fingerprint density at radius 1 is 1.09 bits per heavy atom. The van der Waals surface area contributed by atoms with Crippen molar-refractivity contribution in [1.82, 2.24) is 24.6 Å². The van der Waals surface area contributed by atoms with Crippen LogP contribution < -0.4 is 0 Å². The number of benzene rings is 2. The second-order valence-electron chi connectivity index (χ2n) is 8.33. The van der Waals surface area contributed by atoms with Crippen LogP contribution in [0.2, 0.25) is 0 Å². The summed E-state index contributed by atoms with van der Waals surface area (Å²) in [5.74, 6) is 1.87. The Balaban J connectivity index is 1.20. The topological polar surface area (TPSA) is 63.9 Å². The molecule has 1 amide bonds. The predicted molar refractivity (Wildman–Crippen MR) is 135 cm³/mol. The van der Waals surface area contributed by atoms with Gasteiger partial charge in [0.25, 0.3) is 0 Å². The van der Waals surface area contributed by atoms with Crippen molar-refractivity contribution in [1.29, 1.82) is 0 Å². The van der Waals surface area contributed by atoms with Gasteiger partial charge in [-0.1, -0.05) is 48.2 Å². The largest absolute Gasteiger partial charge is 0.342 e. The third-order valence-electron chi connectivity index (χ3n) is 6.25. The average molecular weight is 478 g/mol. The maximum Gasteiger partial charge on any atom is 0.233 e. The van der Waals surface area contributed by atoms with E-state index >= 15 is 0 Å². The number of aryl methyl sites for hydroxylation is 1. The maximum absolute atomic E-state index is 12.9. The zero-order valence-corrected chi connectivity index (χ0v) is 20.5. The lowest BCUT2D eigenvalue weighted by atomic mass is 9.97. The smallest absolute Gasteiger partial charge is 0.233 e. The first-order chi connectivity index (χ1) is 16.1. The van der Waals surface area contributed by atoms with Gasteiger partial charge in [0.15, 0.2) is 11.0 Å². The number of likely N-dealkylation sites (tertiary alicyclic amines) is 1. The number of carbonyl (C=O) groups is 1. The Morgan fingerprint density at radius 3 is 2.61 bits per heavy atom. The number of hydrogen-bond acceptors (Lipinski definition) is 6. The lowest BCUT2D eigenvalue weighted by molar-refractivity contribution is -0.129. The fraction of sp³-hybridized carbons (Fsp3) is 0.360. The van der Waals surface area contributed by atoms with Gasteiger partial charge >= 0.3 is 0 Å². The van der Waals surface area contributed by atoms with Gasteiger partial charge in [-0.2, -0.15) is 0 Å². The Bertz CT molecular complexity index is 1240. The van der Waals surface area contributed by atoms with E-state index in [-0.39, 0.29) is 5.91 Å². The normalized spacial score (nSPS) is 14.8. The van der Waals surface area contributed by atoms with Crippen molar-refractivity contribution in [2.24, 2.45) is 0 Å². The molecule has 0 radical (unpaired) electrons. The molecule has 0 atom stereocenters. The summed E-state index contributed by atoms with van der Waals surface area (Å²) in [5.41, 5.74) is 3.34. The molecule has 0 N–H and O–H groups in total. The number of amides is 1. The van der Waals surface area contributed by atoms with Crippen molar-refractivity contribution in [2.45, 2.75) is 44.3 Å². The molecule has 4 aromatic rings. The minimum Gasteiger partial charge on any atom is -0.342 e. The number of nitrogens with zero attached hydrogens (tertiary/aromatic N) is 5. The molecule has 1 fully saturated rings. The van der Waals surface area contributed by atoms with Gasteiger partial charge in [0.1, 0.15) is 0 Å². The van der Waals surface area contributed by atoms with E-state index in [4.69, 9.17) is 4.98 Å². The third-order valence-corrected chi connectivity index (χ3v) is 8.40. The Kier molecular flexibility index (Phi) is 6.46. The summed E-state index contributed by atoms with van der Waals surface area (Å²) in [4.78, 5) is 19.7. The standard InChI is InChI=1S/C25H27N5OS2/c1-3-30-23(19-9-5-4-8-17(19)2)27-28-25(30)32-16-22(31)29-14-12-18(13-15-29)24-26-20-10-6-7-11-21(20)33-24/h4-11,18H,3,12-16H2,1-2H3. The molecule has 8 heteroatoms. The van der Waals surface area contributed by atoms with Gasteiger partial charge in [-0.15, -0.1) is 21.5 Å². The number of thiazole rings is 1.